The van der Waals surface area contributed by atoms with Crippen molar-refractivity contribution in [2.45, 2.75) is 110 Å². The molecule has 0 bridgehead atoms. The van der Waals surface area contributed by atoms with Crippen molar-refractivity contribution in [2.24, 2.45) is 0 Å². The highest BCUT2D eigenvalue weighted by Crippen LogP contribution is 2.12. The highest BCUT2D eigenvalue weighted by Gasteiger charge is 1.95. The third kappa shape index (κ3) is 14.1. The summed E-state index contributed by atoms with van der Waals surface area (Å²) in [4.78, 5) is 0. The molecule has 0 aromatic heterocycles. The zero-order valence-corrected chi connectivity index (χ0v) is 17.1. The number of nitrogens with one attached hydrogen (secondary N) is 1. The Hall–Kier alpha value is -0.820. The van der Waals surface area contributed by atoms with E-state index in [1.807, 2.05) is 0 Å². The lowest BCUT2D eigenvalue weighted by Gasteiger charge is -2.06. The maximum Gasteiger partial charge on any atom is 0.0205 e. The molecular weight excluding hydrogens is 302 g/mol. The minimum Gasteiger partial charge on any atom is -0.313 e. The van der Waals surface area contributed by atoms with Gasteiger partial charge in [0.05, 0.1) is 0 Å². The van der Waals surface area contributed by atoms with Crippen molar-refractivity contribution < 1.29 is 0 Å². The molecule has 1 N–H and O–H groups in total. The lowest BCUT2D eigenvalue weighted by atomic mass is 10.0. The smallest absolute Gasteiger partial charge is 0.0205 e. The largest absolute Gasteiger partial charge is 0.313 e. The van der Waals surface area contributed by atoms with Crippen LogP contribution in [0.5, 0.6) is 0 Å². The first kappa shape index (κ1) is 22.2. The van der Waals surface area contributed by atoms with E-state index in [1.54, 1.807) is 0 Å². The van der Waals surface area contributed by atoms with Crippen LogP contribution in [0.15, 0.2) is 24.3 Å². The Morgan fingerprint density at radius 1 is 0.600 bits per heavy atom. The molecule has 0 saturated carbocycles. The Morgan fingerprint density at radius 2 is 1.04 bits per heavy atom. The van der Waals surface area contributed by atoms with Gasteiger partial charge in [-0.3, -0.25) is 0 Å². The summed E-state index contributed by atoms with van der Waals surface area (Å²) in [5.41, 5.74) is 2.74. The monoisotopic (exact) mass is 345 g/mol. The van der Waals surface area contributed by atoms with Gasteiger partial charge in [0.25, 0.3) is 0 Å². The Balaban J connectivity index is 1.74. The van der Waals surface area contributed by atoms with Crippen molar-refractivity contribution in [1.82, 2.24) is 5.32 Å². The molecule has 0 saturated heterocycles. The fourth-order valence-electron chi connectivity index (χ4n) is 3.38. The van der Waals surface area contributed by atoms with Gasteiger partial charge in [-0.1, -0.05) is 120 Å². The Bertz CT molecular complexity index is 382. The summed E-state index contributed by atoms with van der Waals surface area (Å²) in [6.45, 7) is 6.61. The molecule has 144 valence electrons. The van der Waals surface area contributed by atoms with Gasteiger partial charge in [0.1, 0.15) is 0 Å². The molecule has 0 aliphatic carbocycles. The first-order valence-corrected chi connectivity index (χ1v) is 11.1. The topological polar surface area (TPSA) is 12.0 Å². The van der Waals surface area contributed by atoms with Gasteiger partial charge >= 0.3 is 0 Å². The lowest BCUT2D eigenvalue weighted by molar-refractivity contribution is 0.529. The molecule has 0 atom stereocenters. The van der Waals surface area contributed by atoms with Gasteiger partial charge < -0.3 is 5.32 Å². The second-order valence-electron chi connectivity index (χ2n) is 7.76. The predicted molar refractivity (Wildman–Crippen MR) is 113 cm³/mol. The maximum absolute atomic E-state index is 3.56. The van der Waals surface area contributed by atoms with E-state index in [0.717, 1.165) is 13.1 Å². The van der Waals surface area contributed by atoms with Gasteiger partial charge in [0, 0.05) is 6.54 Å². The molecule has 0 radical (unpaired) electrons. The molecule has 1 aromatic rings. The third-order valence-corrected chi connectivity index (χ3v) is 5.16. The van der Waals surface area contributed by atoms with Gasteiger partial charge in [0.2, 0.25) is 0 Å². The van der Waals surface area contributed by atoms with E-state index >= 15 is 0 Å². The van der Waals surface area contributed by atoms with Crippen LogP contribution in [0, 0.1) is 6.92 Å². The third-order valence-electron chi connectivity index (χ3n) is 5.16. The van der Waals surface area contributed by atoms with E-state index in [0.29, 0.717) is 0 Å². The fourth-order valence-corrected chi connectivity index (χ4v) is 3.38. The average molecular weight is 346 g/mol. The normalized spacial score (nSPS) is 11.1. The number of rotatable bonds is 17. The van der Waals surface area contributed by atoms with Crippen LogP contribution in [0.3, 0.4) is 0 Å². The van der Waals surface area contributed by atoms with Crippen LogP contribution >= 0.6 is 0 Å². The van der Waals surface area contributed by atoms with Crippen molar-refractivity contribution in [2.75, 3.05) is 6.54 Å². The molecule has 0 spiro atoms. The van der Waals surface area contributed by atoms with E-state index < -0.39 is 0 Å². The molecule has 0 unspecified atom stereocenters. The van der Waals surface area contributed by atoms with Gasteiger partial charge in [0.15, 0.2) is 0 Å². The Morgan fingerprint density at radius 3 is 1.52 bits per heavy atom. The molecule has 0 heterocycles. The van der Waals surface area contributed by atoms with Crippen LogP contribution in [0.25, 0.3) is 0 Å². The van der Waals surface area contributed by atoms with E-state index in [1.165, 1.54) is 101 Å². The number of benzene rings is 1. The van der Waals surface area contributed by atoms with E-state index in [-0.39, 0.29) is 0 Å². The molecule has 0 aliphatic rings. The molecule has 1 nitrogen and oxygen atoms in total. The maximum atomic E-state index is 3.56. The Kier molecular flexibility index (Phi) is 14.8. The van der Waals surface area contributed by atoms with Gasteiger partial charge in [-0.05, 0) is 25.5 Å². The second kappa shape index (κ2) is 16.6. The highest BCUT2D eigenvalue weighted by molar-refractivity contribution is 5.20. The summed E-state index contributed by atoms with van der Waals surface area (Å²) in [5.74, 6) is 0. The van der Waals surface area contributed by atoms with Crippen LogP contribution in [-0.4, -0.2) is 6.54 Å². The van der Waals surface area contributed by atoms with Crippen molar-refractivity contribution in [1.29, 1.82) is 0 Å². The van der Waals surface area contributed by atoms with Crippen LogP contribution in [-0.2, 0) is 6.54 Å². The SMILES string of the molecule is CCCCCCCCCCCCCCCCNCc1ccc(C)cc1. The summed E-state index contributed by atoms with van der Waals surface area (Å²) >= 11 is 0. The first-order chi connectivity index (χ1) is 12.3. The molecule has 0 amide bonds. The molecule has 25 heavy (non-hydrogen) atoms. The summed E-state index contributed by atoms with van der Waals surface area (Å²) in [5, 5.41) is 3.56. The van der Waals surface area contributed by atoms with Gasteiger partial charge in [-0.15, -0.1) is 0 Å². The number of hydrogen-bond donors (Lipinski definition) is 1. The molecule has 0 aliphatic heterocycles. The van der Waals surface area contributed by atoms with Crippen LogP contribution in [0.4, 0.5) is 0 Å². The molecule has 1 rings (SSSR count). The Labute approximate surface area is 158 Å². The van der Waals surface area contributed by atoms with Crippen LogP contribution in [0.2, 0.25) is 0 Å². The molecule has 0 fully saturated rings. The number of hydrogen-bond acceptors (Lipinski definition) is 1. The van der Waals surface area contributed by atoms with Crippen LogP contribution < -0.4 is 5.32 Å². The van der Waals surface area contributed by atoms with Gasteiger partial charge in [-0.25, -0.2) is 0 Å². The van der Waals surface area contributed by atoms with E-state index in [2.05, 4.69) is 43.4 Å². The quantitative estimate of drug-likeness (QED) is 0.287. The summed E-state index contributed by atoms with van der Waals surface area (Å²) in [6, 6.07) is 8.86. The molecular formula is C24H43N. The van der Waals surface area contributed by atoms with Crippen molar-refractivity contribution in [3.8, 4) is 0 Å². The highest BCUT2D eigenvalue weighted by atomic mass is 14.8. The van der Waals surface area contributed by atoms with E-state index in [4.69, 9.17) is 0 Å². The zero-order chi connectivity index (χ0) is 18.0. The van der Waals surface area contributed by atoms with Crippen molar-refractivity contribution >= 4 is 0 Å². The summed E-state index contributed by atoms with van der Waals surface area (Å²) < 4.78 is 0. The second-order valence-corrected chi connectivity index (χ2v) is 7.76. The number of aryl methyl sites for hydroxylation is 1. The first-order valence-electron chi connectivity index (χ1n) is 11.1. The zero-order valence-electron chi connectivity index (χ0n) is 17.1. The summed E-state index contributed by atoms with van der Waals surface area (Å²) in [6.07, 6.45) is 20.1. The average Bonchev–Trinajstić information content (AvgIpc) is 2.63. The van der Waals surface area contributed by atoms with Crippen LogP contribution in [0.1, 0.15) is 108 Å². The fraction of sp³-hybridized carbons (Fsp3) is 0.750. The lowest BCUT2D eigenvalue weighted by Crippen LogP contribution is -2.14. The predicted octanol–water partition coefficient (Wildman–Crippen LogP) is 7.57. The minimum atomic E-state index is 1.01. The number of unbranched alkanes of at least 4 members (excludes halogenated alkanes) is 13. The standard InChI is InChI=1S/C24H43N/c1-3-4-5-6-7-8-9-10-11-12-13-14-15-16-21-25-22-24-19-17-23(2)18-20-24/h17-20,25H,3-16,21-22H2,1-2H3. The minimum absolute atomic E-state index is 1.01. The molecule has 1 aromatic carbocycles. The summed E-state index contributed by atoms with van der Waals surface area (Å²) in [7, 11) is 0. The van der Waals surface area contributed by atoms with E-state index in [9.17, 15) is 0 Å². The van der Waals surface area contributed by atoms with Gasteiger partial charge in [-0.2, -0.15) is 0 Å². The molecule has 1 heteroatoms. The van der Waals surface area contributed by atoms with Crippen molar-refractivity contribution in [3.05, 3.63) is 35.4 Å². The van der Waals surface area contributed by atoms with Crippen molar-refractivity contribution in [3.63, 3.8) is 0 Å².